The highest BCUT2D eigenvalue weighted by atomic mass is 127. The Hall–Kier alpha value is -1.23. The maximum absolute atomic E-state index is 5.85. The van der Waals surface area contributed by atoms with Crippen LogP contribution >= 0.6 is 22.6 Å². The highest BCUT2D eigenvalue weighted by Crippen LogP contribution is 2.23. The van der Waals surface area contributed by atoms with Crippen LogP contribution in [0.1, 0.15) is 11.1 Å². The fourth-order valence-electron chi connectivity index (χ4n) is 1.51. The minimum Gasteiger partial charge on any atom is -0.487 e. The Kier molecular flexibility index (Phi) is 3.89. The largest absolute Gasteiger partial charge is 0.487 e. The zero-order valence-electron chi connectivity index (χ0n) is 9.61. The van der Waals surface area contributed by atoms with Crippen LogP contribution in [0.5, 0.6) is 5.75 Å². The second-order valence-electron chi connectivity index (χ2n) is 3.96. The molecule has 2 nitrogen and oxygen atoms in total. The van der Waals surface area contributed by atoms with E-state index in [-0.39, 0.29) is 0 Å². The van der Waals surface area contributed by atoms with Crippen LogP contribution < -0.4 is 10.5 Å². The van der Waals surface area contributed by atoms with Crippen molar-refractivity contribution in [3.63, 3.8) is 0 Å². The number of ether oxygens (including phenoxy) is 1. The molecule has 0 aromatic heterocycles. The minimum absolute atomic E-state index is 0.546. The summed E-state index contributed by atoms with van der Waals surface area (Å²) in [5, 5.41) is 0. The van der Waals surface area contributed by atoms with E-state index in [2.05, 4.69) is 46.9 Å². The SMILES string of the molecule is Cc1ccc(N)c(OCc2ccc(I)cc2)c1. The fourth-order valence-corrected chi connectivity index (χ4v) is 1.87. The number of rotatable bonds is 3. The molecular weight excluding hydrogens is 325 g/mol. The van der Waals surface area contributed by atoms with Gasteiger partial charge in [0.15, 0.2) is 0 Å². The molecule has 0 bridgehead atoms. The molecule has 2 aromatic rings. The van der Waals surface area contributed by atoms with Crippen LogP contribution in [-0.2, 0) is 6.61 Å². The van der Waals surface area contributed by atoms with Crippen LogP contribution in [-0.4, -0.2) is 0 Å². The number of benzene rings is 2. The van der Waals surface area contributed by atoms with Gasteiger partial charge in [-0.1, -0.05) is 18.2 Å². The van der Waals surface area contributed by atoms with Crippen molar-refractivity contribution in [2.45, 2.75) is 13.5 Å². The first-order valence-corrected chi connectivity index (χ1v) is 6.46. The Morgan fingerprint density at radius 1 is 1.12 bits per heavy atom. The highest BCUT2D eigenvalue weighted by Gasteiger charge is 2.01. The average Bonchev–Trinajstić information content (AvgIpc) is 2.32. The maximum Gasteiger partial charge on any atom is 0.142 e. The first kappa shape index (κ1) is 12.2. The zero-order chi connectivity index (χ0) is 12.3. The van der Waals surface area contributed by atoms with Gasteiger partial charge in [0, 0.05) is 3.57 Å². The third-order valence-electron chi connectivity index (χ3n) is 2.48. The number of anilines is 1. The van der Waals surface area contributed by atoms with Gasteiger partial charge in [-0.25, -0.2) is 0 Å². The molecule has 17 heavy (non-hydrogen) atoms. The Balaban J connectivity index is 2.07. The lowest BCUT2D eigenvalue weighted by Gasteiger charge is -2.09. The van der Waals surface area contributed by atoms with E-state index < -0.39 is 0 Å². The zero-order valence-corrected chi connectivity index (χ0v) is 11.8. The van der Waals surface area contributed by atoms with Gasteiger partial charge in [-0.2, -0.15) is 0 Å². The van der Waals surface area contributed by atoms with Gasteiger partial charge in [0.25, 0.3) is 0 Å². The molecule has 2 aromatic carbocycles. The molecule has 0 atom stereocenters. The van der Waals surface area contributed by atoms with E-state index in [0.29, 0.717) is 12.3 Å². The predicted molar refractivity (Wildman–Crippen MR) is 79.1 cm³/mol. The van der Waals surface area contributed by atoms with E-state index in [1.807, 2.05) is 25.1 Å². The van der Waals surface area contributed by atoms with Crippen molar-refractivity contribution in [3.8, 4) is 5.75 Å². The molecule has 0 aliphatic rings. The van der Waals surface area contributed by atoms with Crippen molar-refractivity contribution >= 4 is 28.3 Å². The molecule has 0 amide bonds. The Morgan fingerprint density at radius 2 is 1.82 bits per heavy atom. The minimum atomic E-state index is 0.546. The summed E-state index contributed by atoms with van der Waals surface area (Å²) in [6, 6.07) is 14.1. The molecule has 88 valence electrons. The second-order valence-corrected chi connectivity index (χ2v) is 5.20. The van der Waals surface area contributed by atoms with Crippen molar-refractivity contribution in [1.29, 1.82) is 0 Å². The van der Waals surface area contributed by atoms with Crippen LogP contribution in [0, 0.1) is 10.5 Å². The lowest BCUT2D eigenvalue weighted by molar-refractivity contribution is 0.308. The average molecular weight is 339 g/mol. The molecule has 0 saturated carbocycles. The third-order valence-corrected chi connectivity index (χ3v) is 3.20. The van der Waals surface area contributed by atoms with Crippen molar-refractivity contribution < 1.29 is 4.74 Å². The summed E-state index contributed by atoms with van der Waals surface area (Å²) in [6.45, 7) is 2.57. The van der Waals surface area contributed by atoms with Gasteiger partial charge in [0.05, 0.1) is 5.69 Å². The summed E-state index contributed by atoms with van der Waals surface area (Å²) in [4.78, 5) is 0. The van der Waals surface area contributed by atoms with Gasteiger partial charge < -0.3 is 10.5 Å². The van der Waals surface area contributed by atoms with Crippen molar-refractivity contribution in [2.24, 2.45) is 0 Å². The summed E-state index contributed by atoms with van der Waals surface area (Å²) in [5.41, 5.74) is 8.83. The van der Waals surface area contributed by atoms with Crippen LogP contribution in [0.25, 0.3) is 0 Å². The monoisotopic (exact) mass is 339 g/mol. The molecule has 0 spiro atoms. The molecule has 0 heterocycles. The van der Waals surface area contributed by atoms with Gasteiger partial charge in [-0.05, 0) is 64.9 Å². The van der Waals surface area contributed by atoms with Gasteiger partial charge >= 0.3 is 0 Å². The van der Waals surface area contributed by atoms with E-state index in [4.69, 9.17) is 10.5 Å². The van der Waals surface area contributed by atoms with Crippen molar-refractivity contribution in [1.82, 2.24) is 0 Å². The number of nitrogens with two attached hydrogens (primary N) is 1. The Bertz CT molecular complexity index is 508. The summed E-state index contributed by atoms with van der Waals surface area (Å²) < 4.78 is 6.94. The Labute approximate surface area is 115 Å². The number of hydrogen-bond donors (Lipinski definition) is 1. The third kappa shape index (κ3) is 3.36. The van der Waals surface area contributed by atoms with E-state index in [1.54, 1.807) is 0 Å². The summed E-state index contributed by atoms with van der Waals surface area (Å²) in [5.74, 6) is 0.753. The van der Waals surface area contributed by atoms with Crippen LogP contribution in [0.2, 0.25) is 0 Å². The molecule has 2 N–H and O–H groups in total. The quantitative estimate of drug-likeness (QED) is 0.683. The highest BCUT2D eigenvalue weighted by molar-refractivity contribution is 14.1. The summed E-state index contributed by atoms with van der Waals surface area (Å²) >= 11 is 2.29. The summed E-state index contributed by atoms with van der Waals surface area (Å²) in [7, 11) is 0. The lowest BCUT2D eigenvalue weighted by Crippen LogP contribution is -1.99. The van der Waals surface area contributed by atoms with Crippen molar-refractivity contribution in [2.75, 3.05) is 5.73 Å². The van der Waals surface area contributed by atoms with Crippen LogP contribution in [0.3, 0.4) is 0 Å². The molecule has 0 radical (unpaired) electrons. The lowest BCUT2D eigenvalue weighted by atomic mass is 10.2. The molecule has 0 aliphatic heterocycles. The normalized spacial score (nSPS) is 10.2. The molecule has 3 heteroatoms. The van der Waals surface area contributed by atoms with E-state index in [0.717, 1.165) is 16.9 Å². The first-order valence-electron chi connectivity index (χ1n) is 5.38. The second kappa shape index (κ2) is 5.40. The molecular formula is C14H14INO. The van der Waals surface area contributed by atoms with Gasteiger partial charge in [-0.3, -0.25) is 0 Å². The fraction of sp³-hybridized carbons (Fsp3) is 0.143. The smallest absolute Gasteiger partial charge is 0.142 e. The van der Waals surface area contributed by atoms with Crippen molar-refractivity contribution in [3.05, 3.63) is 57.2 Å². The van der Waals surface area contributed by atoms with Gasteiger partial charge in [0.1, 0.15) is 12.4 Å². The molecule has 0 saturated heterocycles. The molecule has 0 unspecified atom stereocenters. The van der Waals surface area contributed by atoms with E-state index in [9.17, 15) is 0 Å². The maximum atomic E-state index is 5.85. The number of aryl methyl sites for hydroxylation is 1. The standard InChI is InChI=1S/C14H14INO/c1-10-2-7-13(16)14(8-10)17-9-11-3-5-12(15)6-4-11/h2-8H,9,16H2,1H3. The van der Waals surface area contributed by atoms with Gasteiger partial charge in [-0.15, -0.1) is 0 Å². The first-order chi connectivity index (χ1) is 8.15. The molecule has 0 aliphatic carbocycles. The number of nitrogen functional groups attached to an aromatic ring is 1. The van der Waals surface area contributed by atoms with Gasteiger partial charge in [0.2, 0.25) is 0 Å². The van der Waals surface area contributed by atoms with E-state index >= 15 is 0 Å². The summed E-state index contributed by atoms with van der Waals surface area (Å²) in [6.07, 6.45) is 0. The number of hydrogen-bond acceptors (Lipinski definition) is 2. The molecule has 2 rings (SSSR count). The Morgan fingerprint density at radius 3 is 2.53 bits per heavy atom. The predicted octanol–water partition coefficient (Wildman–Crippen LogP) is 3.76. The topological polar surface area (TPSA) is 35.2 Å². The number of halogens is 1. The van der Waals surface area contributed by atoms with Crippen LogP contribution in [0.4, 0.5) is 5.69 Å². The van der Waals surface area contributed by atoms with Crippen LogP contribution in [0.15, 0.2) is 42.5 Å². The molecule has 0 fully saturated rings. The van der Waals surface area contributed by atoms with E-state index in [1.165, 1.54) is 3.57 Å².